The fraction of sp³-hybridized carbons (Fsp3) is 0. The topological polar surface area (TPSA) is 61.7 Å². The molecule has 13 aromatic rings. The summed E-state index contributed by atoms with van der Waals surface area (Å²) in [5.41, 5.74) is 13.3. The van der Waals surface area contributed by atoms with Crippen LogP contribution in [-0.2, 0) is 0 Å². The van der Waals surface area contributed by atoms with E-state index in [1.807, 2.05) is 48.5 Å². The average Bonchev–Trinajstić information content (AvgIpc) is 4.02. The molecule has 0 saturated heterocycles. The molecule has 0 N–H and O–H groups in total. The predicted octanol–water partition coefficient (Wildman–Crippen LogP) is 14.6. The standard InChI is InChI=1S/C57H35N5O/c1-4-18-36(19-5-1)39-27-16-31-48(51(39)37-20-6-2-7-21-37)61-46-29-13-10-24-40(46)42-34-35-43-41-25-11-14-30-47(41)62(54(43)53(42)61)57-59-55(38-22-8-3-9-23-38)58-56(60-57)45-28-17-33-50-52(45)44-26-12-15-32-49(44)63-50/h1-35H. The number of hydrogen-bond acceptors (Lipinski definition) is 4. The fourth-order valence-electron chi connectivity index (χ4n) is 9.71. The Morgan fingerprint density at radius 1 is 0.333 bits per heavy atom. The molecule has 9 aromatic carbocycles. The van der Waals surface area contributed by atoms with E-state index in [-0.39, 0.29) is 0 Å². The second-order valence-electron chi connectivity index (χ2n) is 15.9. The summed E-state index contributed by atoms with van der Waals surface area (Å²) in [6.07, 6.45) is 0. The molecule has 6 heteroatoms. The number of hydrogen-bond donors (Lipinski definition) is 0. The Bertz CT molecular complexity index is 3900. The van der Waals surface area contributed by atoms with Gasteiger partial charge in [0, 0.05) is 49.0 Å². The fourth-order valence-corrected chi connectivity index (χ4v) is 9.71. The number of furan rings is 1. The van der Waals surface area contributed by atoms with E-state index in [0.717, 1.165) is 105 Å². The van der Waals surface area contributed by atoms with Gasteiger partial charge in [-0.3, -0.25) is 4.57 Å². The highest BCUT2D eigenvalue weighted by atomic mass is 16.3. The van der Waals surface area contributed by atoms with Crippen molar-refractivity contribution in [3.05, 3.63) is 212 Å². The Hall–Kier alpha value is -8.61. The van der Waals surface area contributed by atoms with Gasteiger partial charge in [-0.1, -0.05) is 182 Å². The first kappa shape index (κ1) is 35.2. The molecule has 4 aromatic heterocycles. The molecule has 6 nitrogen and oxygen atoms in total. The summed E-state index contributed by atoms with van der Waals surface area (Å²) < 4.78 is 11.1. The molecule has 294 valence electrons. The van der Waals surface area contributed by atoms with Gasteiger partial charge in [0.1, 0.15) is 11.2 Å². The van der Waals surface area contributed by atoms with Crippen LogP contribution in [0.2, 0.25) is 0 Å². The first-order valence-corrected chi connectivity index (χ1v) is 21.2. The molecule has 0 spiro atoms. The molecule has 0 fully saturated rings. The van der Waals surface area contributed by atoms with Crippen LogP contribution in [-0.4, -0.2) is 24.1 Å². The minimum absolute atomic E-state index is 0.528. The third kappa shape index (κ3) is 5.41. The van der Waals surface area contributed by atoms with Crippen LogP contribution in [0.5, 0.6) is 0 Å². The minimum atomic E-state index is 0.528. The Kier molecular flexibility index (Phi) is 7.80. The lowest BCUT2D eigenvalue weighted by atomic mass is 9.93. The normalized spacial score (nSPS) is 11.8. The first-order valence-electron chi connectivity index (χ1n) is 21.2. The van der Waals surface area contributed by atoms with Crippen molar-refractivity contribution in [1.82, 2.24) is 24.1 Å². The summed E-state index contributed by atoms with van der Waals surface area (Å²) in [5.74, 6) is 1.68. The van der Waals surface area contributed by atoms with E-state index in [1.54, 1.807) is 0 Å². The zero-order chi connectivity index (χ0) is 41.4. The number of fused-ring (bicyclic) bond motifs is 10. The van der Waals surface area contributed by atoms with Crippen LogP contribution in [0.4, 0.5) is 0 Å². The van der Waals surface area contributed by atoms with Crippen LogP contribution < -0.4 is 0 Å². The van der Waals surface area contributed by atoms with Crippen LogP contribution in [0.25, 0.3) is 122 Å². The van der Waals surface area contributed by atoms with Gasteiger partial charge < -0.3 is 8.98 Å². The summed E-state index contributed by atoms with van der Waals surface area (Å²) in [5, 5.41) is 6.50. The number of nitrogens with zero attached hydrogens (tertiary/aromatic N) is 5. The monoisotopic (exact) mass is 805 g/mol. The highest BCUT2D eigenvalue weighted by Gasteiger charge is 2.26. The van der Waals surface area contributed by atoms with Gasteiger partial charge in [0.2, 0.25) is 5.95 Å². The van der Waals surface area contributed by atoms with E-state index in [4.69, 9.17) is 19.4 Å². The molecular formula is C57H35N5O. The highest BCUT2D eigenvalue weighted by Crippen LogP contribution is 2.45. The third-order valence-electron chi connectivity index (χ3n) is 12.4. The van der Waals surface area contributed by atoms with Gasteiger partial charge in [-0.05, 0) is 47.0 Å². The summed E-state index contributed by atoms with van der Waals surface area (Å²) in [6, 6.07) is 74.5. The van der Waals surface area contributed by atoms with E-state index >= 15 is 0 Å². The van der Waals surface area contributed by atoms with Gasteiger partial charge in [0.25, 0.3) is 0 Å². The highest BCUT2D eigenvalue weighted by molar-refractivity contribution is 6.24. The van der Waals surface area contributed by atoms with E-state index in [9.17, 15) is 0 Å². The predicted molar refractivity (Wildman–Crippen MR) is 258 cm³/mol. The molecule has 0 amide bonds. The maximum Gasteiger partial charge on any atom is 0.238 e. The SMILES string of the molecule is c1ccc(-c2nc(-c3cccc4oc5ccccc5c34)nc(-n3c4ccccc4c4ccc5c6ccccc6n(-c6cccc(-c7ccccc7)c6-c6ccccc6)c5c43)n2)cc1. The lowest BCUT2D eigenvalue weighted by molar-refractivity contribution is 0.669. The lowest BCUT2D eigenvalue weighted by Crippen LogP contribution is -2.07. The Morgan fingerprint density at radius 2 is 0.857 bits per heavy atom. The molecule has 0 aliphatic rings. The molecular weight excluding hydrogens is 771 g/mol. The van der Waals surface area contributed by atoms with Gasteiger partial charge in [-0.2, -0.15) is 9.97 Å². The Morgan fingerprint density at radius 3 is 1.57 bits per heavy atom. The van der Waals surface area contributed by atoms with Crippen molar-refractivity contribution in [2.24, 2.45) is 0 Å². The third-order valence-corrected chi connectivity index (χ3v) is 12.4. The summed E-state index contributed by atoms with van der Waals surface area (Å²) in [4.78, 5) is 16.1. The van der Waals surface area contributed by atoms with E-state index < -0.39 is 0 Å². The average molecular weight is 806 g/mol. The molecule has 0 atom stereocenters. The number of aromatic nitrogens is 5. The van der Waals surface area contributed by atoms with Gasteiger partial charge in [0.05, 0.1) is 27.8 Å². The molecule has 0 saturated carbocycles. The number of benzene rings is 9. The van der Waals surface area contributed by atoms with E-state index in [1.165, 1.54) is 0 Å². The second kappa shape index (κ2) is 14.0. The van der Waals surface area contributed by atoms with Gasteiger partial charge in [-0.25, -0.2) is 4.98 Å². The van der Waals surface area contributed by atoms with Crippen LogP contribution in [0.15, 0.2) is 217 Å². The summed E-state index contributed by atoms with van der Waals surface area (Å²) >= 11 is 0. The van der Waals surface area contributed by atoms with Crippen molar-refractivity contribution in [1.29, 1.82) is 0 Å². The number of rotatable bonds is 6. The van der Waals surface area contributed by atoms with Crippen LogP contribution in [0, 0.1) is 0 Å². The Labute approximate surface area is 361 Å². The molecule has 0 aliphatic heterocycles. The van der Waals surface area contributed by atoms with Crippen molar-refractivity contribution in [3.8, 4) is 56.7 Å². The molecule has 0 unspecified atom stereocenters. The van der Waals surface area contributed by atoms with E-state index in [2.05, 4.69) is 173 Å². The van der Waals surface area contributed by atoms with Crippen molar-refractivity contribution in [2.75, 3.05) is 0 Å². The molecule has 0 aliphatic carbocycles. The lowest BCUT2D eigenvalue weighted by Gasteiger charge is -2.19. The quantitative estimate of drug-likeness (QED) is 0.168. The minimum Gasteiger partial charge on any atom is -0.456 e. The molecule has 0 radical (unpaired) electrons. The van der Waals surface area contributed by atoms with Gasteiger partial charge in [-0.15, -0.1) is 0 Å². The van der Waals surface area contributed by atoms with E-state index in [0.29, 0.717) is 17.6 Å². The maximum absolute atomic E-state index is 6.38. The van der Waals surface area contributed by atoms with Crippen LogP contribution in [0.1, 0.15) is 0 Å². The first-order chi connectivity index (χ1) is 31.3. The van der Waals surface area contributed by atoms with Crippen molar-refractivity contribution < 1.29 is 4.42 Å². The summed E-state index contributed by atoms with van der Waals surface area (Å²) in [7, 11) is 0. The molecule has 4 heterocycles. The molecule has 0 bridgehead atoms. The largest absolute Gasteiger partial charge is 0.456 e. The van der Waals surface area contributed by atoms with Crippen molar-refractivity contribution in [3.63, 3.8) is 0 Å². The zero-order valence-corrected chi connectivity index (χ0v) is 33.9. The molecule has 13 rings (SSSR count). The zero-order valence-electron chi connectivity index (χ0n) is 33.9. The van der Waals surface area contributed by atoms with Gasteiger partial charge >= 0.3 is 0 Å². The Balaban J connectivity index is 1.19. The van der Waals surface area contributed by atoms with Gasteiger partial charge in [0.15, 0.2) is 11.6 Å². The number of para-hydroxylation sites is 3. The molecule has 63 heavy (non-hydrogen) atoms. The van der Waals surface area contributed by atoms with Crippen molar-refractivity contribution >= 4 is 65.6 Å². The maximum atomic E-state index is 6.38. The van der Waals surface area contributed by atoms with Crippen LogP contribution >= 0.6 is 0 Å². The van der Waals surface area contributed by atoms with Crippen molar-refractivity contribution in [2.45, 2.75) is 0 Å². The van der Waals surface area contributed by atoms with Crippen LogP contribution in [0.3, 0.4) is 0 Å². The summed E-state index contributed by atoms with van der Waals surface area (Å²) in [6.45, 7) is 0. The second-order valence-corrected chi connectivity index (χ2v) is 15.9. The smallest absolute Gasteiger partial charge is 0.238 e.